The van der Waals surface area contributed by atoms with Crippen molar-refractivity contribution in [3.05, 3.63) is 23.8 Å². The van der Waals surface area contributed by atoms with Crippen LogP contribution in [0.25, 0.3) is 0 Å². The molecule has 0 aromatic heterocycles. The zero-order valence-corrected chi connectivity index (χ0v) is 13.2. The molecule has 3 aliphatic rings. The molecule has 0 spiro atoms. The highest BCUT2D eigenvalue weighted by Gasteiger charge is 2.56. The molecule has 0 bridgehead atoms. The lowest BCUT2D eigenvalue weighted by Gasteiger charge is -2.26. The third-order valence-corrected chi connectivity index (χ3v) is 5.33. The smallest absolute Gasteiger partial charge is 0.307 e. The Labute approximate surface area is 136 Å². The molecule has 1 aliphatic carbocycles. The number of likely N-dealkylation sites (tertiary alicyclic amines) is 1. The maximum absolute atomic E-state index is 11.2. The Morgan fingerprint density at radius 3 is 2.74 bits per heavy atom. The summed E-state index contributed by atoms with van der Waals surface area (Å²) in [5.41, 5.74) is 1.21. The second-order valence-electron chi connectivity index (χ2n) is 6.90. The third-order valence-electron chi connectivity index (χ3n) is 5.33. The second-order valence-corrected chi connectivity index (χ2v) is 6.90. The highest BCUT2D eigenvalue weighted by atomic mass is 16.5. The predicted molar refractivity (Wildman–Crippen MR) is 84.7 cm³/mol. The van der Waals surface area contributed by atoms with E-state index in [-0.39, 0.29) is 5.92 Å². The molecular weight excluding hydrogens is 294 g/mol. The normalized spacial score (nSPS) is 30.0. The maximum Gasteiger partial charge on any atom is 0.307 e. The van der Waals surface area contributed by atoms with Crippen molar-refractivity contribution in [2.24, 2.45) is 17.8 Å². The van der Waals surface area contributed by atoms with Crippen molar-refractivity contribution in [3.63, 3.8) is 0 Å². The summed E-state index contributed by atoms with van der Waals surface area (Å²) in [5.74, 6) is 1.72. The summed E-state index contributed by atoms with van der Waals surface area (Å²) < 4.78 is 11.5. The Hall–Kier alpha value is -1.75. The van der Waals surface area contributed by atoms with E-state index in [2.05, 4.69) is 17.0 Å². The number of benzene rings is 1. The van der Waals surface area contributed by atoms with Gasteiger partial charge in [-0.2, -0.15) is 0 Å². The van der Waals surface area contributed by atoms with Gasteiger partial charge in [0.2, 0.25) is 0 Å². The van der Waals surface area contributed by atoms with Crippen molar-refractivity contribution >= 4 is 5.97 Å². The van der Waals surface area contributed by atoms with E-state index in [1.54, 1.807) is 0 Å². The molecule has 1 aromatic carbocycles. The van der Waals surface area contributed by atoms with Crippen LogP contribution in [-0.2, 0) is 11.3 Å². The summed E-state index contributed by atoms with van der Waals surface area (Å²) >= 11 is 0. The van der Waals surface area contributed by atoms with E-state index in [0.29, 0.717) is 11.8 Å². The number of carbonyl (C=O) groups is 1. The fourth-order valence-electron chi connectivity index (χ4n) is 4.03. The van der Waals surface area contributed by atoms with Gasteiger partial charge in [0, 0.05) is 13.1 Å². The first kappa shape index (κ1) is 14.8. The minimum absolute atomic E-state index is 0.104. The molecule has 1 aromatic rings. The predicted octanol–water partition coefficient (Wildman–Crippen LogP) is 2.39. The second kappa shape index (κ2) is 6.04. The molecule has 0 amide bonds. The first-order chi connectivity index (χ1) is 11.2. The fourth-order valence-corrected chi connectivity index (χ4v) is 4.03. The van der Waals surface area contributed by atoms with E-state index in [0.717, 1.165) is 63.6 Å². The van der Waals surface area contributed by atoms with Gasteiger partial charge in [0.25, 0.3) is 0 Å². The monoisotopic (exact) mass is 317 g/mol. The number of hydrogen-bond donors (Lipinski definition) is 1. The number of carboxylic acids is 1. The molecule has 23 heavy (non-hydrogen) atoms. The molecular formula is C18H23NO4. The molecule has 5 heteroatoms. The Bertz CT molecular complexity index is 603. The largest absolute Gasteiger partial charge is 0.490 e. The SMILES string of the molecule is O=C(O)[C@@H]1[C@@H]2CCN(Cc3ccc4c(c3)OCCCCO4)C[C@@H]21. The van der Waals surface area contributed by atoms with Crippen molar-refractivity contribution in [1.82, 2.24) is 4.90 Å². The molecule has 2 heterocycles. The average molecular weight is 317 g/mol. The highest BCUT2D eigenvalue weighted by molar-refractivity contribution is 5.74. The van der Waals surface area contributed by atoms with Crippen LogP contribution < -0.4 is 9.47 Å². The van der Waals surface area contributed by atoms with E-state index in [1.807, 2.05) is 6.07 Å². The van der Waals surface area contributed by atoms with Crippen LogP contribution in [0.3, 0.4) is 0 Å². The standard InChI is InChI=1S/C18H23NO4/c20-18(21)17-13-5-6-19(11-14(13)17)10-12-3-4-15-16(9-12)23-8-2-1-7-22-15/h3-4,9,13-14,17H,1-2,5-8,10-11H2,(H,20,21)/t13-,14+,17-/m1/s1. The Kier molecular flexibility index (Phi) is 3.89. The number of rotatable bonds is 3. The van der Waals surface area contributed by atoms with Crippen LogP contribution in [0.5, 0.6) is 11.5 Å². The molecule has 2 aliphatic heterocycles. The first-order valence-electron chi connectivity index (χ1n) is 8.56. The molecule has 0 unspecified atom stereocenters. The van der Waals surface area contributed by atoms with Crippen LogP contribution in [0.2, 0.25) is 0 Å². The van der Waals surface area contributed by atoms with Gasteiger partial charge in [-0.1, -0.05) is 6.07 Å². The van der Waals surface area contributed by atoms with E-state index in [1.165, 1.54) is 5.56 Å². The molecule has 1 saturated carbocycles. The van der Waals surface area contributed by atoms with Crippen molar-refractivity contribution in [1.29, 1.82) is 0 Å². The van der Waals surface area contributed by atoms with Gasteiger partial charge in [0.05, 0.1) is 19.1 Å². The Balaban J connectivity index is 1.41. The van der Waals surface area contributed by atoms with Gasteiger partial charge in [-0.3, -0.25) is 9.69 Å². The van der Waals surface area contributed by atoms with Gasteiger partial charge in [-0.25, -0.2) is 0 Å². The number of carboxylic acid groups (broad SMARTS) is 1. The number of ether oxygens (including phenoxy) is 2. The molecule has 1 saturated heterocycles. The van der Waals surface area contributed by atoms with Crippen molar-refractivity contribution < 1.29 is 19.4 Å². The Morgan fingerprint density at radius 2 is 1.96 bits per heavy atom. The minimum atomic E-state index is -0.617. The van der Waals surface area contributed by atoms with Gasteiger partial charge in [-0.15, -0.1) is 0 Å². The molecule has 2 fully saturated rings. The van der Waals surface area contributed by atoms with E-state index >= 15 is 0 Å². The highest BCUT2D eigenvalue weighted by Crippen LogP contribution is 2.51. The number of hydrogen-bond acceptors (Lipinski definition) is 4. The van der Waals surface area contributed by atoms with E-state index in [4.69, 9.17) is 9.47 Å². The number of aliphatic carboxylic acids is 1. The summed E-state index contributed by atoms with van der Waals surface area (Å²) in [6.45, 7) is 4.23. The van der Waals surface area contributed by atoms with Crippen LogP contribution in [0.1, 0.15) is 24.8 Å². The lowest BCUT2D eigenvalue weighted by atomic mass is 10.1. The van der Waals surface area contributed by atoms with Gasteiger partial charge in [0.1, 0.15) is 0 Å². The van der Waals surface area contributed by atoms with Crippen molar-refractivity contribution in [2.75, 3.05) is 26.3 Å². The first-order valence-corrected chi connectivity index (χ1v) is 8.56. The summed E-state index contributed by atoms with van der Waals surface area (Å²) in [5, 5.41) is 9.19. The van der Waals surface area contributed by atoms with Crippen molar-refractivity contribution in [3.8, 4) is 11.5 Å². The van der Waals surface area contributed by atoms with Crippen LogP contribution in [0.15, 0.2) is 18.2 Å². The maximum atomic E-state index is 11.2. The zero-order chi connectivity index (χ0) is 15.8. The molecule has 0 radical (unpaired) electrons. The van der Waals surface area contributed by atoms with Gasteiger partial charge >= 0.3 is 5.97 Å². The fraction of sp³-hybridized carbons (Fsp3) is 0.611. The quantitative estimate of drug-likeness (QED) is 0.927. The number of fused-ring (bicyclic) bond motifs is 2. The van der Waals surface area contributed by atoms with Crippen LogP contribution in [0, 0.1) is 17.8 Å². The molecule has 1 N–H and O–H groups in total. The summed E-state index contributed by atoms with van der Waals surface area (Å²) in [6.07, 6.45) is 3.06. The number of piperidine rings is 1. The van der Waals surface area contributed by atoms with Gasteiger partial charge < -0.3 is 14.6 Å². The van der Waals surface area contributed by atoms with E-state index < -0.39 is 5.97 Å². The molecule has 4 rings (SSSR count). The van der Waals surface area contributed by atoms with Gasteiger partial charge in [-0.05, 0) is 55.3 Å². The summed E-state index contributed by atoms with van der Waals surface area (Å²) in [6, 6.07) is 6.17. The van der Waals surface area contributed by atoms with Crippen LogP contribution in [-0.4, -0.2) is 42.3 Å². The molecule has 5 nitrogen and oxygen atoms in total. The van der Waals surface area contributed by atoms with Crippen LogP contribution >= 0.6 is 0 Å². The zero-order valence-electron chi connectivity index (χ0n) is 13.2. The van der Waals surface area contributed by atoms with E-state index in [9.17, 15) is 9.90 Å². The minimum Gasteiger partial charge on any atom is -0.490 e. The third kappa shape index (κ3) is 3.02. The lowest BCUT2D eigenvalue weighted by molar-refractivity contribution is -0.139. The Morgan fingerprint density at radius 1 is 1.17 bits per heavy atom. The summed E-state index contributed by atoms with van der Waals surface area (Å²) in [4.78, 5) is 13.5. The molecule has 124 valence electrons. The average Bonchev–Trinajstić information content (AvgIpc) is 3.22. The molecule has 3 atom stereocenters. The number of nitrogens with zero attached hydrogens (tertiary/aromatic N) is 1. The van der Waals surface area contributed by atoms with Crippen LogP contribution in [0.4, 0.5) is 0 Å². The topological polar surface area (TPSA) is 59.0 Å². The lowest BCUT2D eigenvalue weighted by Crippen LogP contribution is -2.30. The summed E-state index contributed by atoms with van der Waals surface area (Å²) in [7, 11) is 0. The van der Waals surface area contributed by atoms with Crippen molar-refractivity contribution in [2.45, 2.75) is 25.8 Å². The van der Waals surface area contributed by atoms with Gasteiger partial charge in [0.15, 0.2) is 11.5 Å².